The van der Waals surface area contributed by atoms with Gasteiger partial charge in [-0.15, -0.1) is 0 Å². The fourth-order valence-electron chi connectivity index (χ4n) is 1.90. The Morgan fingerprint density at radius 3 is 2.52 bits per heavy atom. The Kier molecular flexibility index (Phi) is 4.27. The number of amides is 1. The van der Waals surface area contributed by atoms with Crippen LogP contribution in [-0.4, -0.2) is 21.3 Å². The number of nitrogens with one attached hydrogen (secondary N) is 1. The summed E-state index contributed by atoms with van der Waals surface area (Å²) in [4.78, 5) is 16.8. The van der Waals surface area contributed by atoms with Crippen molar-refractivity contribution in [3.8, 4) is 11.5 Å². The standard InChI is InChI=1S/C16H11ClN2O3S/c17-10-2-4-11(5-3-10)18-16-19-15(22)14(23-16)8-9-1-6-12(20)13(21)7-9/h1-8,20-21H,(H,18,19,22). The maximum absolute atomic E-state index is 12.0. The van der Waals surface area contributed by atoms with E-state index < -0.39 is 0 Å². The third-order valence-corrected chi connectivity index (χ3v) is 4.17. The summed E-state index contributed by atoms with van der Waals surface area (Å²) in [6.07, 6.45) is 1.61. The molecule has 23 heavy (non-hydrogen) atoms. The third kappa shape index (κ3) is 3.67. The number of phenolic OH excluding ortho intramolecular Hbond substituents is 2. The Labute approximate surface area is 141 Å². The molecule has 1 aliphatic heterocycles. The van der Waals surface area contributed by atoms with Crippen LogP contribution in [0, 0.1) is 0 Å². The number of aromatic hydroxyl groups is 2. The van der Waals surface area contributed by atoms with Gasteiger partial charge < -0.3 is 15.5 Å². The molecule has 5 nitrogen and oxygen atoms in total. The van der Waals surface area contributed by atoms with Crippen LogP contribution >= 0.6 is 23.4 Å². The SMILES string of the molecule is O=C1NC(=Nc2ccc(Cl)cc2)SC1=Cc1ccc(O)c(O)c1. The first-order valence-corrected chi connectivity index (χ1v) is 7.78. The number of carbonyl (C=O) groups excluding carboxylic acids is 1. The van der Waals surface area contributed by atoms with E-state index in [4.69, 9.17) is 11.6 Å². The highest BCUT2D eigenvalue weighted by atomic mass is 35.5. The number of benzene rings is 2. The van der Waals surface area contributed by atoms with Gasteiger partial charge in [-0.05, 0) is 59.8 Å². The van der Waals surface area contributed by atoms with E-state index in [1.807, 2.05) is 0 Å². The summed E-state index contributed by atoms with van der Waals surface area (Å²) < 4.78 is 0. The molecule has 0 unspecified atom stereocenters. The van der Waals surface area contributed by atoms with Crippen molar-refractivity contribution < 1.29 is 15.0 Å². The molecule has 116 valence electrons. The lowest BCUT2D eigenvalue weighted by molar-refractivity contribution is -0.115. The topological polar surface area (TPSA) is 81.9 Å². The van der Waals surface area contributed by atoms with Gasteiger partial charge in [0.2, 0.25) is 0 Å². The summed E-state index contributed by atoms with van der Waals surface area (Å²) in [5, 5.41) is 22.5. The summed E-state index contributed by atoms with van der Waals surface area (Å²) in [6, 6.07) is 11.3. The zero-order valence-corrected chi connectivity index (χ0v) is 13.2. The van der Waals surface area contributed by atoms with Crippen molar-refractivity contribution in [2.24, 2.45) is 4.99 Å². The minimum absolute atomic E-state index is 0.208. The van der Waals surface area contributed by atoms with Crippen molar-refractivity contribution in [1.29, 1.82) is 0 Å². The van der Waals surface area contributed by atoms with E-state index in [0.29, 0.717) is 26.3 Å². The Morgan fingerprint density at radius 2 is 1.83 bits per heavy atom. The van der Waals surface area contributed by atoms with Gasteiger partial charge in [-0.2, -0.15) is 0 Å². The molecule has 1 aliphatic rings. The molecule has 0 aliphatic carbocycles. The summed E-state index contributed by atoms with van der Waals surface area (Å²) in [5.74, 6) is -0.714. The first-order valence-electron chi connectivity index (χ1n) is 6.58. The zero-order chi connectivity index (χ0) is 16.4. The highest BCUT2D eigenvalue weighted by Gasteiger charge is 2.23. The van der Waals surface area contributed by atoms with E-state index in [2.05, 4.69) is 10.3 Å². The molecule has 0 atom stereocenters. The highest BCUT2D eigenvalue weighted by molar-refractivity contribution is 8.18. The molecule has 1 amide bonds. The van der Waals surface area contributed by atoms with E-state index in [0.717, 1.165) is 0 Å². The quantitative estimate of drug-likeness (QED) is 0.572. The van der Waals surface area contributed by atoms with Crippen molar-refractivity contribution in [1.82, 2.24) is 5.32 Å². The molecule has 2 aromatic rings. The molecule has 1 saturated heterocycles. The van der Waals surface area contributed by atoms with Crippen molar-refractivity contribution in [3.05, 3.63) is 58.0 Å². The molecule has 0 radical (unpaired) electrons. The minimum Gasteiger partial charge on any atom is -0.504 e. The summed E-state index contributed by atoms with van der Waals surface area (Å²) >= 11 is 7.01. The normalized spacial score (nSPS) is 17.7. The molecule has 3 N–H and O–H groups in total. The maximum atomic E-state index is 12.0. The van der Waals surface area contributed by atoms with Crippen LogP contribution in [0.15, 0.2) is 52.4 Å². The molecule has 0 saturated carbocycles. The van der Waals surface area contributed by atoms with Gasteiger partial charge in [-0.25, -0.2) is 4.99 Å². The van der Waals surface area contributed by atoms with Gasteiger partial charge in [-0.1, -0.05) is 17.7 Å². The number of phenols is 2. The number of amidine groups is 1. The van der Waals surface area contributed by atoms with Gasteiger partial charge in [0.05, 0.1) is 10.6 Å². The first kappa shape index (κ1) is 15.5. The van der Waals surface area contributed by atoms with Crippen LogP contribution in [0.5, 0.6) is 11.5 Å². The van der Waals surface area contributed by atoms with Crippen LogP contribution in [0.2, 0.25) is 5.02 Å². The van der Waals surface area contributed by atoms with Crippen LogP contribution in [0.4, 0.5) is 5.69 Å². The van der Waals surface area contributed by atoms with Crippen LogP contribution in [-0.2, 0) is 4.79 Å². The van der Waals surface area contributed by atoms with E-state index in [1.54, 1.807) is 36.4 Å². The predicted molar refractivity (Wildman–Crippen MR) is 92.0 cm³/mol. The van der Waals surface area contributed by atoms with Gasteiger partial charge in [0.15, 0.2) is 16.7 Å². The predicted octanol–water partition coefficient (Wildman–Crippen LogP) is 3.64. The molecule has 0 bridgehead atoms. The molecule has 7 heteroatoms. The second-order valence-corrected chi connectivity index (χ2v) is 6.17. The van der Waals surface area contributed by atoms with Crippen LogP contribution < -0.4 is 5.32 Å². The van der Waals surface area contributed by atoms with Gasteiger partial charge in [0, 0.05) is 5.02 Å². The average Bonchev–Trinajstić information content (AvgIpc) is 2.85. The largest absolute Gasteiger partial charge is 0.504 e. The van der Waals surface area contributed by atoms with E-state index in [1.165, 1.54) is 23.9 Å². The third-order valence-electron chi connectivity index (χ3n) is 3.01. The van der Waals surface area contributed by atoms with E-state index in [-0.39, 0.29) is 17.4 Å². The summed E-state index contributed by atoms with van der Waals surface area (Å²) in [6.45, 7) is 0. The Hall–Kier alpha value is -2.44. The maximum Gasteiger partial charge on any atom is 0.264 e. The summed E-state index contributed by atoms with van der Waals surface area (Å²) in [7, 11) is 0. The van der Waals surface area contributed by atoms with Crippen molar-refractivity contribution in [2.75, 3.05) is 0 Å². The summed E-state index contributed by atoms with van der Waals surface area (Å²) in [5.41, 5.74) is 1.28. The highest BCUT2D eigenvalue weighted by Crippen LogP contribution is 2.31. The van der Waals surface area contributed by atoms with Crippen molar-refractivity contribution >= 4 is 46.2 Å². The fourth-order valence-corrected chi connectivity index (χ4v) is 2.86. The second-order valence-electron chi connectivity index (χ2n) is 4.71. The number of aliphatic imine (C=N–C) groups is 1. The number of hydrogen-bond donors (Lipinski definition) is 3. The van der Waals surface area contributed by atoms with Crippen molar-refractivity contribution in [2.45, 2.75) is 0 Å². The molecule has 2 aromatic carbocycles. The van der Waals surface area contributed by atoms with Gasteiger partial charge in [0.25, 0.3) is 5.91 Å². The van der Waals surface area contributed by atoms with Crippen LogP contribution in [0.3, 0.4) is 0 Å². The second kappa shape index (κ2) is 6.36. The van der Waals surface area contributed by atoms with E-state index in [9.17, 15) is 15.0 Å². The first-order chi connectivity index (χ1) is 11.0. The lowest BCUT2D eigenvalue weighted by Crippen LogP contribution is -2.19. The van der Waals surface area contributed by atoms with Crippen LogP contribution in [0.25, 0.3) is 6.08 Å². The lowest BCUT2D eigenvalue weighted by Gasteiger charge is -1.99. The van der Waals surface area contributed by atoms with Gasteiger partial charge in [0.1, 0.15) is 0 Å². The monoisotopic (exact) mass is 346 g/mol. The number of rotatable bonds is 2. The minimum atomic E-state index is -0.268. The molecular formula is C16H11ClN2O3S. The number of hydrogen-bond acceptors (Lipinski definition) is 5. The smallest absolute Gasteiger partial charge is 0.264 e. The van der Waals surface area contributed by atoms with Crippen molar-refractivity contribution in [3.63, 3.8) is 0 Å². The lowest BCUT2D eigenvalue weighted by atomic mass is 10.2. The van der Waals surface area contributed by atoms with Gasteiger partial charge in [-0.3, -0.25) is 4.79 Å². The molecular weight excluding hydrogens is 336 g/mol. The molecule has 3 rings (SSSR count). The fraction of sp³-hybridized carbons (Fsp3) is 0. The number of carbonyl (C=O) groups is 1. The molecule has 0 spiro atoms. The Bertz CT molecular complexity index is 832. The molecule has 1 heterocycles. The van der Waals surface area contributed by atoms with E-state index >= 15 is 0 Å². The number of thioether (sulfide) groups is 1. The Morgan fingerprint density at radius 1 is 1.09 bits per heavy atom. The van der Waals surface area contributed by atoms with Gasteiger partial charge >= 0.3 is 0 Å². The van der Waals surface area contributed by atoms with Crippen LogP contribution in [0.1, 0.15) is 5.56 Å². The Balaban J connectivity index is 1.83. The zero-order valence-electron chi connectivity index (χ0n) is 11.7. The number of nitrogens with zero attached hydrogens (tertiary/aromatic N) is 1. The molecule has 1 fully saturated rings. The molecule has 0 aromatic heterocycles. The number of halogens is 1. The average molecular weight is 347 g/mol.